The van der Waals surface area contributed by atoms with Crippen LogP contribution in [0.5, 0.6) is 0 Å². The molecule has 0 spiro atoms. The van der Waals surface area contributed by atoms with Crippen molar-refractivity contribution in [1.82, 2.24) is 5.32 Å². The molecule has 0 radical (unpaired) electrons. The fraction of sp³-hybridized carbons (Fsp3) is 0.818. The molecule has 7 heteroatoms. The minimum Gasteiger partial charge on any atom is -0.481 e. The van der Waals surface area contributed by atoms with Crippen molar-refractivity contribution in [1.29, 1.82) is 0 Å². The van der Waals surface area contributed by atoms with Gasteiger partial charge in [-0.25, -0.2) is 0 Å². The van der Waals surface area contributed by atoms with Gasteiger partial charge in [0.25, 0.3) is 0 Å². The van der Waals surface area contributed by atoms with Crippen LogP contribution in [-0.2, 0) is 19.1 Å². The zero-order valence-electron chi connectivity index (χ0n) is 10.8. The Morgan fingerprint density at radius 1 is 1.33 bits per heavy atom. The standard InChI is InChI=1S/C11H22N2O5/c1-3-18-8(6-12)4-10(14)13-7-9(17-2)5-11(15)16/h8-9H,3-7,12H2,1-2H3,(H,13,14)(H,15,16). The molecule has 0 aromatic carbocycles. The summed E-state index contributed by atoms with van der Waals surface area (Å²) in [5, 5.41) is 11.2. The van der Waals surface area contributed by atoms with Crippen molar-refractivity contribution < 1.29 is 24.2 Å². The summed E-state index contributed by atoms with van der Waals surface area (Å²) in [7, 11) is 1.41. The topological polar surface area (TPSA) is 111 Å². The summed E-state index contributed by atoms with van der Waals surface area (Å²) >= 11 is 0. The molecule has 0 aliphatic rings. The third-order valence-electron chi connectivity index (χ3n) is 2.34. The van der Waals surface area contributed by atoms with Crippen LogP contribution in [-0.4, -0.2) is 56.0 Å². The first-order valence-electron chi connectivity index (χ1n) is 5.86. The number of ether oxygens (including phenoxy) is 2. The van der Waals surface area contributed by atoms with Gasteiger partial charge in [0.2, 0.25) is 5.91 Å². The minimum atomic E-state index is -0.967. The summed E-state index contributed by atoms with van der Waals surface area (Å²) in [5.41, 5.74) is 5.45. The molecule has 0 aliphatic heterocycles. The molecule has 0 saturated heterocycles. The smallest absolute Gasteiger partial charge is 0.306 e. The Hall–Kier alpha value is -1.18. The number of carboxylic acids is 1. The van der Waals surface area contributed by atoms with Crippen LogP contribution in [0.2, 0.25) is 0 Å². The summed E-state index contributed by atoms with van der Waals surface area (Å²) in [6.07, 6.45) is -0.832. The fourth-order valence-corrected chi connectivity index (χ4v) is 1.39. The second-order valence-electron chi connectivity index (χ2n) is 3.78. The summed E-state index contributed by atoms with van der Waals surface area (Å²) in [6, 6.07) is 0. The van der Waals surface area contributed by atoms with Crippen molar-refractivity contribution in [2.75, 3.05) is 26.8 Å². The second kappa shape index (κ2) is 9.81. The van der Waals surface area contributed by atoms with Crippen molar-refractivity contribution in [2.45, 2.75) is 32.0 Å². The number of nitrogens with one attached hydrogen (secondary N) is 1. The number of carbonyl (C=O) groups excluding carboxylic acids is 1. The average Bonchev–Trinajstić information content (AvgIpc) is 2.33. The van der Waals surface area contributed by atoms with Gasteiger partial charge in [0.1, 0.15) is 0 Å². The SMILES string of the molecule is CCOC(CN)CC(=O)NCC(CC(=O)O)OC. The molecule has 106 valence electrons. The highest BCUT2D eigenvalue weighted by atomic mass is 16.5. The molecule has 0 bridgehead atoms. The molecule has 1 amide bonds. The Balaban J connectivity index is 3.96. The molecule has 4 N–H and O–H groups in total. The van der Waals surface area contributed by atoms with E-state index in [-0.39, 0.29) is 37.9 Å². The molecule has 0 aromatic heterocycles. The zero-order chi connectivity index (χ0) is 14.0. The lowest BCUT2D eigenvalue weighted by molar-refractivity contribution is -0.140. The van der Waals surface area contributed by atoms with Gasteiger partial charge in [-0.2, -0.15) is 0 Å². The van der Waals surface area contributed by atoms with Crippen LogP contribution in [0, 0.1) is 0 Å². The lowest BCUT2D eigenvalue weighted by atomic mass is 10.2. The van der Waals surface area contributed by atoms with E-state index in [1.807, 2.05) is 6.92 Å². The normalized spacial score (nSPS) is 13.9. The van der Waals surface area contributed by atoms with E-state index in [4.69, 9.17) is 20.3 Å². The monoisotopic (exact) mass is 262 g/mol. The maximum Gasteiger partial charge on any atom is 0.306 e. The minimum absolute atomic E-state index is 0.150. The summed E-state index contributed by atoms with van der Waals surface area (Å²) in [5.74, 6) is -1.20. The number of rotatable bonds is 10. The third-order valence-corrected chi connectivity index (χ3v) is 2.34. The van der Waals surface area contributed by atoms with Crippen LogP contribution in [0.3, 0.4) is 0 Å². The predicted molar refractivity (Wildman–Crippen MR) is 65.1 cm³/mol. The van der Waals surface area contributed by atoms with E-state index in [2.05, 4.69) is 5.32 Å². The molecular weight excluding hydrogens is 240 g/mol. The van der Waals surface area contributed by atoms with Gasteiger partial charge in [-0.15, -0.1) is 0 Å². The van der Waals surface area contributed by atoms with Crippen LogP contribution in [0.1, 0.15) is 19.8 Å². The van der Waals surface area contributed by atoms with Gasteiger partial charge >= 0.3 is 5.97 Å². The van der Waals surface area contributed by atoms with Crippen LogP contribution in [0.4, 0.5) is 0 Å². The van der Waals surface area contributed by atoms with Crippen molar-refractivity contribution in [3.63, 3.8) is 0 Å². The molecule has 0 fully saturated rings. The van der Waals surface area contributed by atoms with E-state index in [0.29, 0.717) is 6.61 Å². The van der Waals surface area contributed by atoms with Crippen LogP contribution in [0.25, 0.3) is 0 Å². The Labute approximate surface area is 107 Å². The predicted octanol–water partition coefficient (Wildman–Crippen LogP) is -0.654. The van der Waals surface area contributed by atoms with Crippen molar-refractivity contribution in [3.8, 4) is 0 Å². The van der Waals surface area contributed by atoms with E-state index in [0.717, 1.165) is 0 Å². The molecule has 7 nitrogen and oxygen atoms in total. The highest BCUT2D eigenvalue weighted by molar-refractivity contribution is 5.76. The van der Waals surface area contributed by atoms with E-state index < -0.39 is 12.1 Å². The highest BCUT2D eigenvalue weighted by Gasteiger charge is 2.16. The molecular formula is C11H22N2O5. The molecule has 0 heterocycles. The third kappa shape index (κ3) is 7.99. The van der Waals surface area contributed by atoms with E-state index in [1.54, 1.807) is 0 Å². The van der Waals surface area contributed by atoms with Gasteiger partial charge in [0.05, 0.1) is 25.0 Å². The Kier molecular flexibility index (Phi) is 9.17. The number of amides is 1. The molecule has 0 aliphatic carbocycles. The van der Waals surface area contributed by atoms with Crippen molar-refractivity contribution in [3.05, 3.63) is 0 Å². The Morgan fingerprint density at radius 2 is 2.00 bits per heavy atom. The first-order chi connectivity index (χ1) is 8.53. The van der Waals surface area contributed by atoms with Crippen molar-refractivity contribution in [2.24, 2.45) is 5.73 Å². The lowest BCUT2D eigenvalue weighted by Gasteiger charge is -2.17. The van der Waals surface area contributed by atoms with Gasteiger partial charge in [-0.05, 0) is 6.92 Å². The second-order valence-corrected chi connectivity index (χ2v) is 3.78. The van der Waals surface area contributed by atoms with E-state index in [1.165, 1.54) is 7.11 Å². The number of nitrogens with two attached hydrogens (primary N) is 1. The molecule has 0 rings (SSSR count). The van der Waals surface area contributed by atoms with Gasteiger partial charge in [-0.1, -0.05) is 0 Å². The first-order valence-corrected chi connectivity index (χ1v) is 5.86. The largest absolute Gasteiger partial charge is 0.481 e. The summed E-state index contributed by atoms with van der Waals surface area (Å²) < 4.78 is 10.2. The molecule has 0 saturated carbocycles. The fourth-order valence-electron chi connectivity index (χ4n) is 1.39. The quantitative estimate of drug-likeness (QED) is 0.482. The number of methoxy groups -OCH3 is 1. The molecule has 0 aromatic rings. The van der Waals surface area contributed by atoms with Gasteiger partial charge < -0.3 is 25.6 Å². The number of hydrogen-bond acceptors (Lipinski definition) is 5. The Morgan fingerprint density at radius 3 is 2.44 bits per heavy atom. The van der Waals surface area contributed by atoms with E-state index in [9.17, 15) is 9.59 Å². The maximum absolute atomic E-state index is 11.5. The summed E-state index contributed by atoms with van der Waals surface area (Å²) in [6.45, 7) is 2.75. The highest BCUT2D eigenvalue weighted by Crippen LogP contribution is 1.99. The first kappa shape index (κ1) is 16.8. The number of carboxylic acid groups (broad SMARTS) is 1. The maximum atomic E-state index is 11.5. The van der Waals surface area contributed by atoms with Gasteiger partial charge in [0, 0.05) is 26.8 Å². The zero-order valence-corrected chi connectivity index (χ0v) is 10.8. The lowest BCUT2D eigenvalue weighted by Crippen LogP contribution is -2.37. The number of carbonyl (C=O) groups is 2. The number of aliphatic carboxylic acids is 1. The summed E-state index contributed by atoms with van der Waals surface area (Å²) in [4.78, 5) is 22.0. The van der Waals surface area contributed by atoms with Crippen LogP contribution < -0.4 is 11.1 Å². The molecule has 2 unspecified atom stereocenters. The van der Waals surface area contributed by atoms with Crippen molar-refractivity contribution >= 4 is 11.9 Å². The Bertz CT molecular complexity index is 260. The number of hydrogen-bond donors (Lipinski definition) is 3. The van der Waals surface area contributed by atoms with Gasteiger partial charge in [-0.3, -0.25) is 9.59 Å². The van der Waals surface area contributed by atoms with E-state index >= 15 is 0 Å². The molecule has 18 heavy (non-hydrogen) atoms. The average molecular weight is 262 g/mol. The van der Waals surface area contributed by atoms with Gasteiger partial charge in [0.15, 0.2) is 0 Å². The van der Waals surface area contributed by atoms with Crippen LogP contribution in [0.15, 0.2) is 0 Å². The van der Waals surface area contributed by atoms with Crippen LogP contribution >= 0.6 is 0 Å². The molecule has 2 atom stereocenters.